The highest BCUT2D eigenvalue weighted by Gasteiger charge is 2.28. The van der Waals surface area contributed by atoms with Gasteiger partial charge in [-0.05, 0) is 25.3 Å². The van der Waals surface area contributed by atoms with E-state index < -0.39 is 6.04 Å². The number of halogens is 1. The Labute approximate surface area is 118 Å². The maximum Gasteiger partial charge on any atom is 0.245 e. The summed E-state index contributed by atoms with van der Waals surface area (Å²) in [4.78, 5) is 11.5. The zero-order valence-electron chi connectivity index (χ0n) is 11.4. The summed E-state index contributed by atoms with van der Waals surface area (Å²) in [6.07, 6.45) is 1.01. The van der Waals surface area contributed by atoms with Crippen molar-refractivity contribution in [3.63, 3.8) is 0 Å². The minimum absolute atomic E-state index is 0.0707. The van der Waals surface area contributed by atoms with Crippen LogP contribution in [0, 0.1) is 5.92 Å². The third kappa shape index (κ3) is 3.01. The molecule has 0 aromatic heterocycles. The number of rotatable bonds is 4. The van der Waals surface area contributed by atoms with Gasteiger partial charge >= 0.3 is 0 Å². The number of anilines is 1. The second kappa shape index (κ2) is 5.39. The molecular formula is C14H19ClN2O2. The Morgan fingerprint density at radius 3 is 2.74 bits per heavy atom. The Morgan fingerprint density at radius 1 is 1.42 bits per heavy atom. The van der Waals surface area contributed by atoms with E-state index in [9.17, 15) is 4.79 Å². The van der Waals surface area contributed by atoms with Gasteiger partial charge in [0.05, 0.1) is 11.1 Å². The summed E-state index contributed by atoms with van der Waals surface area (Å²) in [5.41, 5.74) is 7.17. The molecule has 1 amide bonds. The van der Waals surface area contributed by atoms with Crippen LogP contribution in [0.3, 0.4) is 0 Å². The average Bonchev–Trinajstić information content (AvgIpc) is 2.55. The Hall–Kier alpha value is -1.26. The van der Waals surface area contributed by atoms with Crippen LogP contribution in [0.1, 0.15) is 38.8 Å². The molecule has 1 aliphatic heterocycles. The molecule has 0 radical (unpaired) electrons. The number of fused-ring (bicyclic) bond motifs is 1. The lowest BCUT2D eigenvalue weighted by Gasteiger charge is -2.18. The van der Waals surface area contributed by atoms with Crippen LogP contribution in [-0.2, 0) is 4.79 Å². The van der Waals surface area contributed by atoms with Gasteiger partial charge in [-0.1, -0.05) is 25.4 Å². The van der Waals surface area contributed by atoms with Gasteiger partial charge in [0.25, 0.3) is 0 Å². The molecule has 0 bridgehead atoms. The summed E-state index contributed by atoms with van der Waals surface area (Å²) in [6, 6.07) is 2.81. The topological polar surface area (TPSA) is 64.3 Å². The number of amides is 1. The van der Waals surface area contributed by atoms with Crippen LogP contribution in [0.4, 0.5) is 5.69 Å². The number of carbonyl (C=O) groups is 1. The van der Waals surface area contributed by atoms with E-state index in [1.54, 1.807) is 12.1 Å². The monoisotopic (exact) mass is 282 g/mol. The van der Waals surface area contributed by atoms with E-state index in [0.717, 1.165) is 12.0 Å². The second-order valence-electron chi connectivity index (χ2n) is 5.39. The summed E-state index contributed by atoms with van der Waals surface area (Å²) in [7, 11) is 0. The van der Waals surface area contributed by atoms with Gasteiger partial charge < -0.3 is 15.8 Å². The third-order valence-electron chi connectivity index (χ3n) is 3.11. The fourth-order valence-corrected chi connectivity index (χ4v) is 2.52. The van der Waals surface area contributed by atoms with Crippen molar-refractivity contribution in [3.8, 4) is 5.75 Å². The molecule has 5 heteroatoms. The zero-order chi connectivity index (χ0) is 14.2. The normalized spacial score (nSPS) is 19.3. The van der Waals surface area contributed by atoms with Gasteiger partial charge in [-0.3, -0.25) is 4.79 Å². The van der Waals surface area contributed by atoms with Crippen LogP contribution >= 0.6 is 11.6 Å². The molecule has 0 saturated carbocycles. The van der Waals surface area contributed by atoms with Gasteiger partial charge in [0.2, 0.25) is 5.91 Å². The summed E-state index contributed by atoms with van der Waals surface area (Å²) < 4.78 is 5.83. The minimum atomic E-state index is -0.644. The number of ether oxygens (including phenoxy) is 1. The number of benzene rings is 1. The molecule has 4 nitrogen and oxygen atoms in total. The van der Waals surface area contributed by atoms with Crippen LogP contribution < -0.4 is 15.8 Å². The first-order chi connectivity index (χ1) is 8.88. The van der Waals surface area contributed by atoms with Crippen molar-refractivity contribution in [2.24, 2.45) is 11.7 Å². The number of nitrogens with two attached hydrogens (primary N) is 1. The fraction of sp³-hybridized carbons (Fsp3) is 0.500. The Morgan fingerprint density at radius 2 is 2.11 bits per heavy atom. The molecule has 0 spiro atoms. The van der Waals surface area contributed by atoms with Crippen molar-refractivity contribution in [2.75, 3.05) is 5.32 Å². The quantitative estimate of drug-likeness (QED) is 0.892. The lowest BCUT2D eigenvalue weighted by atomic mass is 10.1. The molecule has 0 fully saturated rings. The van der Waals surface area contributed by atoms with Crippen molar-refractivity contribution in [2.45, 2.75) is 39.3 Å². The van der Waals surface area contributed by atoms with E-state index in [4.69, 9.17) is 22.1 Å². The van der Waals surface area contributed by atoms with Crippen molar-refractivity contribution in [1.82, 2.24) is 0 Å². The molecule has 2 atom stereocenters. The molecule has 1 aromatic carbocycles. The largest absolute Gasteiger partial charge is 0.489 e. The average molecular weight is 283 g/mol. The van der Waals surface area contributed by atoms with Crippen LogP contribution in [0.15, 0.2) is 12.1 Å². The highest BCUT2D eigenvalue weighted by Crippen LogP contribution is 2.38. The maximum absolute atomic E-state index is 11.5. The summed E-state index contributed by atoms with van der Waals surface area (Å²) in [6.45, 7) is 6.29. The van der Waals surface area contributed by atoms with Crippen LogP contribution in [0.2, 0.25) is 5.02 Å². The molecule has 1 heterocycles. The number of nitrogens with one attached hydrogen (secondary N) is 1. The maximum atomic E-state index is 11.5. The Kier molecular flexibility index (Phi) is 4.02. The van der Waals surface area contributed by atoms with Crippen molar-refractivity contribution in [3.05, 3.63) is 22.7 Å². The van der Waals surface area contributed by atoms with E-state index in [2.05, 4.69) is 19.2 Å². The first-order valence-corrected chi connectivity index (χ1v) is 6.82. The number of carbonyl (C=O) groups excluding carboxylic acids is 1. The fourth-order valence-electron chi connectivity index (χ4n) is 2.31. The predicted molar refractivity (Wildman–Crippen MR) is 76.6 cm³/mol. The summed E-state index contributed by atoms with van der Waals surface area (Å²) in [5, 5.41) is 3.21. The van der Waals surface area contributed by atoms with Crippen molar-refractivity contribution in [1.29, 1.82) is 0 Å². The first kappa shape index (κ1) is 14.2. The van der Waals surface area contributed by atoms with Crippen molar-refractivity contribution < 1.29 is 9.53 Å². The SMILES string of the molecule is CC(C)CC(C)Oc1cc2c(cc1Cl)C(N)C(=O)N2. The molecule has 1 aromatic rings. The zero-order valence-corrected chi connectivity index (χ0v) is 12.1. The van der Waals surface area contributed by atoms with E-state index >= 15 is 0 Å². The third-order valence-corrected chi connectivity index (χ3v) is 3.41. The van der Waals surface area contributed by atoms with Gasteiger partial charge in [0.15, 0.2) is 0 Å². The molecule has 104 valence electrons. The molecule has 19 heavy (non-hydrogen) atoms. The van der Waals surface area contributed by atoms with Gasteiger partial charge in [-0.15, -0.1) is 0 Å². The molecule has 2 unspecified atom stereocenters. The molecule has 3 N–H and O–H groups in total. The smallest absolute Gasteiger partial charge is 0.245 e. The van der Waals surface area contributed by atoms with Crippen LogP contribution in [-0.4, -0.2) is 12.0 Å². The lowest BCUT2D eigenvalue weighted by Crippen LogP contribution is -2.19. The van der Waals surface area contributed by atoms with Crippen molar-refractivity contribution >= 4 is 23.2 Å². The molecule has 0 saturated heterocycles. The van der Waals surface area contributed by atoms with E-state index in [1.807, 2.05) is 6.92 Å². The van der Waals surface area contributed by atoms with Gasteiger partial charge in [0.1, 0.15) is 11.8 Å². The summed E-state index contributed by atoms with van der Waals surface area (Å²) in [5.74, 6) is 0.928. The first-order valence-electron chi connectivity index (χ1n) is 6.45. The predicted octanol–water partition coefficient (Wildman–Crippen LogP) is 3.11. The van der Waals surface area contributed by atoms with Crippen LogP contribution in [0.5, 0.6) is 5.75 Å². The van der Waals surface area contributed by atoms with Gasteiger partial charge in [-0.25, -0.2) is 0 Å². The lowest BCUT2D eigenvalue weighted by molar-refractivity contribution is -0.116. The minimum Gasteiger partial charge on any atom is -0.489 e. The summed E-state index contributed by atoms with van der Waals surface area (Å²) >= 11 is 6.18. The van der Waals surface area contributed by atoms with E-state index in [1.165, 1.54) is 0 Å². The Balaban J connectivity index is 2.20. The Bertz CT molecular complexity index is 502. The molecule has 0 aliphatic carbocycles. The molecule has 2 rings (SSSR count). The second-order valence-corrected chi connectivity index (χ2v) is 5.80. The van der Waals surface area contributed by atoms with Crippen LogP contribution in [0.25, 0.3) is 0 Å². The standard InChI is InChI=1S/C14H19ClN2O2/c1-7(2)4-8(3)19-12-6-11-9(5-10(12)15)13(16)14(18)17-11/h5-8,13H,4,16H2,1-3H3,(H,17,18). The molecule has 1 aliphatic rings. The van der Waals surface area contributed by atoms with E-state index in [0.29, 0.717) is 22.4 Å². The van der Waals surface area contributed by atoms with Gasteiger partial charge in [-0.2, -0.15) is 0 Å². The van der Waals surface area contributed by atoms with Gasteiger partial charge in [0, 0.05) is 17.3 Å². The highest BCUT2D eigenvalue weighted by molar-refractivity contribution is 6.32. The number of hydrogen-bond donors (Lipinski definition) is 2. The van der Waals surface area contributed by atoms with E-state index in [-0.39, 0.29) is 12.0 Å². The molecular weight excluding hydrogens is 264 g/mol. The number of hydrogen-bond acceptors (Lipinski definition) is 3. The highest BCUT2D eigenvalue weighted by atomic mass is 35.5.